The van der Waals surface area contributed by atoms with E-state index >= 15 is 0 Å². The van der Waals surface area contributed by atoms with Crippen LogP contribution in [0.2, 0.25) is 5.02 Å². The van der Waals surface area contributed by atoms with Gasteiger partial charge in [0.2, 0.25) is 10.0 Å². The van der Waals surface area contributed by atoms with Crippen molar-refractivity contribution in [2.75, 3.05) is 17.5 Å². The van der Waals surface area contributed by atoms with Crippen LogP contribution in [0.15, 0.2) is 18.2 Å². The van der Waals surface area contributed by atoms with Crippen LogP contribution in [0.25, 0.3) is 0 Å². The maximum absolute atomic E-state index is 12.3. The summed E-state index contributed by atoms with van der Waals surface area (Å²) in [5.41, 5.74) is 0.589. The van der Waals surface area contributed by atoms with Crippen LogP contribution in [0, 0.1) is 5.92 Å². The van der Waals surface area contributed by atoms with E-state index in [0.717, 1.165) is 31.9 Å². The van der Waals surface area contributed by atoms with Crippen molar-refractivity contribution < 1.29 is 13.2 Å². The van der Waals surface area contributed by atoms with Crippen LogP contribution in [-0.4, -0.2) is 27.1 Å². The Hall–Kier alpha value is -1.27. The molecule has 0 fully saturated rings. The number of hydrogen-bond donors (Lipinski definition) is 2. The lowest BCUT2D eigenvalue weighted by Gasteiger charge is -2.16. The average Bonchev–Trinajstić information content (AvgIpc) is 2.47. The summed E-state index contributed by atoms with van der Waals surface area (Å²) in [7, 11) is -3.40. The fourth-order valence-corrected chi connectivity index (χ4v) is 3.01. The minimum Gasteiger partial charge on any atom is -0.352 e. The van der Waals surface area contributed by atoms with Gasteiger partial charge in [-0.3, -0.25) is 9.52 Å². The summed E-state index contributed by atoms with van der Waals surface area (Å²) in [4.78, 5) is 12.3. The van der Waals surface area contributed by atoms with Gasteiger partial charge in [-0.05, 0) is 30.5 Å². The van der Waals surface area contributed by atoms with Gasteiger partial charge in [-0.2, -0.15) is 0 Å². The molecule has 0 aliphatic rings. The molecule has 0 saturated heterocycles. The lowest BCUT2D eigenvalue weighted by Crippen LogP contribution is -2.29. The fraction of sp³-hybridized carbons (Fsp3) is 0.562. The number of nitrogens with one attached hydrogen (secondary N) is 2. The Balaban J connectivity index is 2.76. The molecule has 5 nitrogen and oxygen atoms in total. The largest absolute Gasteiger partial charge is 0.352 e. The van der Waals surface area contributed by atoms with E-state index in [1.54, 1.807) is 0 Å². The molecule has 1 unspecified atom stereocenters. The quantitative estimate of drug-likeness (QED) is 0.705. The predicted molar refractivity (Wildman–Crippen MR) is 95.6 cm³/mol. The van der Waals surface area contributed by atoms with Gasteiger partial charge in [-0.25, -0.2) is 8.42 Å². The van der Waals surface area contributed by atoms with Gasteiger partial charge in [0, 0.05) is 12.2 Å². The van der Waals surface area contributed by atoms with E-state index in [9.17, 15) is 13.2 Å². The number of amides is 1. The topological polar surface area (TPSA) is 75.3 Å². The number of benzene rings is 1. The standard InChI is InChI=1S/C16H25ClN2O3S/c1-4-6-7-12(5-2)11-18-16(20)14-10-13(8-9-15(14)17)19-23(3,21)22/h8-10,12,19H,4-7,11H2,1-3H3,(H,18,20). The normalized spacial score (nSPS) is 12.7. The molecule has 0 spiro atoms. The molecule has 1 rings (SSSR count). The summed E-state index contributed by atoms with van der Waals surface area (Å²) in [5.74, 6) is 0.150. The third kappa shape index (κ3) is 7.22. The van der Waals surface area contributed by atoms with E-state index in [1.165, 1.54) is 18.2 Å². The number of halogens is 1. The van der Waals surface area contributed by atoms with Gasteiger partial charge in [0.1, 0.15) is 0 Å². The maximum Gasteiger partial charge on any atom is 0.252 e. The highest BCUT2D eigenvalue weighted by molar-refractivity contribution is 7.92. The molecule has 0 heterocycles. The summed E-state index contributed by atoms with van der Waals surface area (Å²) in [6, 6.07) is 4.49. The molecule has 0 aromatic heterocycles. The molecule has 1 aromatic rings. The number of rotatable bonds is 9. The van der Waals surface area contributed by atoms with Gasteiger partial charge in [-0.15, -0.1) is 0 Å². The molecule has 0 aliphatic heterocycles. The van der Waals surface area contributed by atoms with E-state index in [1.807, 2.05) is 0 Å². The van der Waals surface area contributed by atoms with Gasteiger partial charge >= 0.3 is 0 Å². The van der Waals surface area contributed by atoms with Gasteiger partial charge in [-0.1, -0.05) is 44.7 Å². The summed E-state index contributed by atoms with van der Waals surface area (Å²) in [6.45, 7) is 4.84. The highest BCUT2D eigenvalue weighted by Crippen LogP contribution is 2.21. The third-order valence-corrected chi connectivity index (χ3v) is 4.54. The van der Waals surface area contributed by atoms with Crippen LogP contribution < -0.4 is 10.0 Å². The number of sulfonamides is 1. The third-order valence-electron chi connectivity index (χ3n) is 3.61. The monoisotopic (exact) mass is 360 g/mol. The minimum atomic E-state index is -3.40. The second-order valence-corrected chi connectivity index (χ2v) is 7.85. The fourth-order valence-electron chi connectivity index (χ4n) is 2.25. The van der Waals surface area contributed by atoms with Crippen molar-refractivity contribution in [1.29, 1.82) is 0 Å². The second kappa shape index (κ2) is 9.13. The number of anilines is 1. The molecule has 1 amide bonds. The number of hydrogen-bond acceptors (Lipinski definition) is 3. The molecule has 1 aromatic carbocycles. The molecule has 1 atom stereocenters. The van der Waals surface area contributed by atoms with E-state index in [2.05, 4.69) is 23.9 Å². The Kier molecular flexibility index (Phi) is 7.85. The van der Waals surface area contributed by atoms with Crippen molar-refractivity contribution in [2.45, 2.75) is 39.5 Å². The lowest BCUT2D eigenvalue weighted by molar-refractivity contribution is 0.0946. The molecule has 0 aliphatic carbocycles. The van der Waals surface area contributed by atoms with Crippen molar-refractivity contribution in [3.05, 3.63) is 28.8 Å². The average molecular weight is 361 g/mol. The maximum atomic E-state index is 12.3. The van der Waals surface area contributed by atoms with Crippen molar-refractivity contribution in [1.82, 2.24) is 5.32 Å². The SMILES string of the molecule is CCCCC(CC)CNC(=O)c1cc(NS(C)(=O)=O)ccc1Cl. The van der Waals surface area contributed by atoms with Gasteiger partial charge in [0.15, 0.2) is 0 Å². The van der Waals surface area contributed by atoms with Gasteiger partial charge < -0.3 is 5.32 Å². The number of carbonyl (C=O) groups excluding carboxylic acids is 1. The van der Waals surface area contributed by atoms with Crippen LogP contribution in [0.4, 0.5) is 5.69 Å². The van der Waals surface area contributed by atoms with Crippen LogP contribution in [0.5, 0.6) is 0 Å². The summed E-state index contributed by atoms with van der Waals surface area (Å²) in [6.07, 6.45) is 5.42. The highest BCUT2D eigenvalue weighted by Gasteiger charge is 2.14. The summed E-state index contributed by atoms with van der Waals surface area (Å²) < 4.78 is 24.9. The first-order chi connectivity index (χ1) is 10.8. The molecule has 130 valence electrons. The number of carbonyl (C=O) groups is 1. The molecule has 7 heteroatoms. The lowest BCUT2D eigenvalue weighted by atomic mass is 9.99. The van der Waals surface area contributed by atoms with Crippen molar-refractivity contribution >= 4 is 33.2 Å². The molecule has 0 saturated carbocycles. The molecular weight excluding hydrogens is 336 g/mol. The second-order valence-electron chi connectivity index (χ2n) is 5.70. The Labute approximate surface area is 143 Å². The van der Waals surface area contributed by atoms with Crippen LogP contribution >= 0.6 is 11.6 Å². The number of unbranched alkanes of at least 4 members (excludes halogenated alkanes) is 1. The zero-order chi connectivity index (χ0) is 17.5. The summed E-state index contributed by atoms with van der Waals surface area (Å²) >= 11 is 6.06. The van der Waals surface area contributed by atoms with Crippen molar-refractivity contribution in [3.8, 4) is 0 Å². The first-order valence-corrected chi connectivity index (χ1v) is 10.1. The molecule has 0 bridgehead atoms. The van der Waals surface area contributed by atoms with Crippen LogP contribution in [0.3, 0.4) is 0 Å². The van der Waals surface area contributed by atoms with Crippen molar-refractivity contribution in [2.24, 2.45) is 5.92 Å². The predicted octanol–water partition coefficient (Wildman–Crippen LogP) is 3.66. The molecule has 2 N–H and O–H groups in total. The Morgan fingerprint density at radius 1 is 1.30 bits per heavy atom. The van der Waals surface area contributed by atoms with Gasteiger partial charge in [0.05, 0.1) is 16.8 Å². The van der Waals surface area contributed by atoms with Gasteiger partial charge in [0.25, 0.3) is 5.91 Å². The van der Waals surface area contributed by atoms with E-state index in [0.29, 0.717) is 23.2 Å². The van der Waals surface area contributed by atoms with E-state index in [4.69, 9.17) is 11.6 Å². The Morgan fingerprint density at radius 3 is 2.57 bits per heavy atom. The summed E-state index contributed by atoms with van der Waals surface area (Å²) in [5, 5.41) is 3.18. The smallest absolute Gasteiger partial charge is 0.252 e. The molecule has 23 heavy (non-hydrogen) atoms. The first-order valence-electron chi connectivity index (χ1n) is 7.82. The van der Waals surface area contributed by atoms with Crippen molar-refractivity contribution in [3.63, 3.8) is 0 Å². The zero-order valence-corrected chi connectivity index (χ0v) is 15.4. The minimum absolute atomic E-state index is 0.269. The Morgan fingerprint density at radius 2 is 2.00 bits per heavy atom. The first kappa shape index (κ1) is 19.8. The highest BCUT2D eigenvalue weighted by atomic mass is 35.5. The molecular formula is C16H25ClN2O3S. The Bertz CT molecular complexity index is 632. The molecule has 0 radical (unpaired) electrons. The van der Waals surface area contributed by atoms with Crippen LogP contribution in [0.1, 0.15) is 49.9 Å². The zero-order valence-electron chi connectivity index (χ0n) is 13.9. The van der Waals surface area contributed by atoms with E-state index < -0.39 is 10.0 Å². The van der Waals surface area contributed by atoms with Crippen LogP contribution in [-0.2, 0) is 10.0 Å². The van der Waals surface area contributed by atoms with E-state index in [-0.39, 0.29) is 11.5 Å².